The van der Waals surface area contributed by atoms with Gasteiger partial charge >= 0.3 is 0 Å². The molecule has 102 valence electrons. The van der Waals surface area contributed by atoms with E-state index in [4.69, 9.17) is 9.47 Å². The number of sulfonamides is 1. The summed E-state index contributed by atoms with van der Waals surface area (Å²) in [6, 6.07) is 0.182. The van der Waals surface area contributed by atoms with Crippen molar-refractivity contribution in [2.45, 2.75) is 32.1 Å². The van der Waals surface area contributed by atoms with Gasteiger partial charge in [-0.05, 0) is 26.8 Å². The normalized spacial score (nSPS) is 21.6. The van der Waals surface area contributed by atoms with Crippen LogP contribution in [0.4, 0.5) is 0 Å². The van der Waals surface area contributed by atoms with Crippen LogP contribution in [0.15, 0.2) is 0 Å². The van der Waals surface area contributed by atoms with Crippen LogP contribution in [0, 0.1) is 0 Å². The summed E-state index contributed by atoms with van der Waals surface area (Å²) in [5.74, 6) is -0.490. The number of ether oxygens (including phenoxy) is 2. The van der Waals surface area contributed by atoms with Crippen LogP contribution in [0.25, 0.3) is 0 Å². The van der Waals surface area contributed by atoms with Crippen LogP contribution >= 0.6 is 0 Å². The summed E-state index contributed by atoms with van der Waals surface area (Å²) in [4.78, 5) is 0. The number of nitrogens with one attached hydrogen (secondary N) is 2. The lowest BCUT2D eigenvalue weighted by atomic mass is 10.2. The van der Waals surface area contributed by atoms with Gasteiger partial charge in [0, 0.05) is 6.54 Å². The van der Waals surface area contributed by atoms with E-state index in [0.29, 0.717) is 19.8 Å². The van der Waals surface area contributed by atoms with E-state index in [0.717, 1.165) is 19.2 Å². The highest BCUT2D eigenvalue weighted by Gasteiger charge is 2.27. The maximum Gasteiger partial charge on any atom is 0.208 e. The van der Waals surface area contributed by atoms with Gasteiger partial charge in [-0.2, -0.15) is 0 Å². The van der Waals surface area contributed by atoms with Crippen LogP contribution in [0.1, 0.15) is 20.3 Å². The SMILES string of the molecule is CC1(C)OCC(NCCCNS(C)(=O)=O)CO1. The van der Waals surface area contributed by atoms with Gasteiger partial charge in [-0.15, -0.1) is 0 Å². The van der Waals surface area contributed by atoms with Crippen LogP contribution in [0.2, 0.25) is 0 Å². The lowest BCUT2D eigenvalue weighted by Gasteiger charge is -2.35. The molecule has 0 unspecified atom stereocenters. The Kier molecular flexibility index (Phi) is 5.33. The fourth-order valence-corrected chi connectivity index (χ4v) is 1.98. The lowest BCUT2D eigenvalue weighted by molar-refractivity contribution is -0.252. The molecular formula is C10H22N2O4S. The Morgan fingerprint density at radius 3 is 2.35 bits per heavy atom. The summed E-state index contributed by atoms with van der Waals surface area (Å²) in [5, 5.41) is 3.26. The fourth-order valence-electron chi connectivity index (χ4n) is 1.46. The number of hydrogen-bond acceptors (Lipinski definition) is 5. The van der Waals surface area contributed by atoms with Crippen molar-refractivity contribution in [2.75, 3.05) is 32.6 Å². The molecule has 0 aromatic carbocycles. The van der Waals surface area contributed by atoms with Crippen LogP contribution < -0.4 is 10.0 Å². The van der Waals surface area contributed by atoms with Crippen molar-refractivity contribution in [3.63, 3.8) is 0 Å². The average molecular weight is 266 g/mol. The molecule has 0 aromatic heterocycles. The first-order valence-electron chi connectivity index (χ1n) is 5.74. The first kappa shape index (κ1) is 14.8. The van der Waals surface area contributed by atoms with Gasteiger partial charge in [0.15, 0.2) is 5.79 Å². The molecule has 0 aromatic rings. The molecule has 7 heteroatoms. The molecule has 17 heavy (non-hydrogen) atoms. The molecule has 1 aliphatic heterocycles. The molecule has 6 nitrogen and oxygen atoms in total. The fraction of sp³-hybridized carbons (Fsp3) is 1.00. The van der Waals surface area contributed by atoms with Gasteiger partial charge in [0.25, 0.3) is 0 Å². The monoisotopic (exact) mass is 266 g/mol. The molecule has 1 saturated heterocycles. The minimum atomic E-state index is -3.07. The standard InChI is InChI=1S/C10H22N2O4S/c1-10(2)15-7-9(8-16-10)11-5-4-6-12-17(3,13)14/h9,11-12H,4-8H2,1-3H3. The highest BCUT2D eigenvalue weighted by Crippen LogP contribution is 2.16. The van der Waals surface area contributed by atoms with Crippen molar-refractivity contribution in [3.05, 3.63) is 0 Å². The van der Waals surface area contributed by atoms with Crippen molar-refractivity contribution in [2.24, 2.45) is 0 Å². The Bertz CT molecular complexity index is 319. The van der Waals surface area contributed by atoms with Crippen LogP contribution in [-0.2, 0) is 19.5 Å². The van der Waals surface area contributed by atoms with E-state index in [1.807, 2.05) is 13.8 Å². The summed E-state index contributed by atoms with van der Waals surface area (Å²) in [6.45, 7) is 6.20. The Balaban J connectivity index is 2.05. The zero-order valence-corrected chi connectivity index (χ0v) is 11.5. The summed E-state index contributed by atoms with van der Waals surface area (Å²) in [7, 11) is -3.07. The van der Waals surface area contributed by atoms with E-state index in [9.17, 15) is 8.42 Å². The lowest BCUT2D eigenvalue weighted by Crippen LogP contribution is -2.48. The maximum atomic E-state index is 10.8. The molecule has 1 rings (SSSR count). The van der Waals surface area contributed by atoms with Gasteiger partial charge in [-0.1, -0.05) is 0 Å². The summed E-state index contributed by atoms with van der Waals surface area (Å²) in [5.41, 5.74) is 0. The van der Waals surface area contributed by atoms with Crippen molar-refractivity contribution >= 4 is 10.0 Å². The van der Waals surface area contributed by atoms with Gasteiger partial charge in [0.1, 0.15) is 0 Å². The minimum Gasteiger partial charge on any atom is -0.349 e. The third-order valence-corrected chi connectivity index (χ3v) is 3.14. The average Bonchev–Trinajstić information content (AvgIpc) is 2.18. The molecule has 1 heterocycles. The van der Waals surface area contributed by atoms with Crippen LogP contribution in [-0.4, -0.2) is 52.8 Å². The van der Waals surface area contributed by atoms with E-state index in [2.05, 4.69) is 10.0 Å². The summed E-state index contributed by atoms with van der Waals surface area (Å²) < 4.78 is 35.0. The van der Waals surface area contributed by atoms with E-state index < -0.39 is 15.8 Å². The smallest absolute Gasteiger partial charge is 0.208 e. The Morgan fingerprint density at radius 1 is 1.24 bits per heavy atom. The van der Waals surface area contributed by atoms with E-state index in [1.54, 1.807) is 0 Å². The molecule has 2 N–H and O–H groups in total. The molecular weight excluding hydrogens is 244 g/mol. The molecule has 0 radical (unpaired) electrons. The zero-order valence-electron chi connectivity index (χ0n) is 10.7. The van der Waals surface area contributed by atoms with Crippen LogP contribution in [0.3, 0.4) is 0 Å². The highest BCUT2D eigenvalue weighted by molar-refractivity contribution is 7.88. The molecule has 0 aliphatic carbocycles. The molecule has 0 saturated carbocycles. The van der Waals surface area contributed by atoms with Gasteiger partial charge in [0.2, 0.25) is 10.0 Å². The second kappa shape index (κ2) is 6.10. The van der Waals surface area contributed by atoms with Gasteiger partial charge in [-0.3, -0.25) is 0 Å². The second-order valence-electron chi connectivity index (χ2n) is 4.69. The Hall–Kier alpha value is -0.210. The predicted molar refractivity (Wildman–Crippen MR) is 65.2 cm³/mol. The Labute approximate surface area is 103 Å². The summed E-state index contributed by atoms with van der Waals surface area (Å²) >= 11 is 0. The van der Waals surface area contributed by atoms with Crippen molar-refractivity contribution < 1.29 is 17.9 Å². The summed E-state index contributed by atoms with van der Waals surface area (Å²) in [6.07, 6.45) is 1.90. The minimum absolute atomic E-state index is 0.182. The number of rotatable bonds is 6. The molecule has 0 amide bonds. The third kappa shape index (κ3) is 6.95. The largest absolute Gasteiger partial charge is 0.349 e. The molecule has 0 bridgehead atoms. The maximum absolute atomic E-state index is 10.8. The molecule has 1 aliphatic rings. The van der Waals surface area contributed by atoms with Crippen molar-refractivity contribution in [1.82, 2.24) is 10.0 Å². The van der Waals surface area contributed by atoms with Gasteiger partial charge in [-0.25, -0.2) is 13.1 Å². The van der Waals surface area contributed by atoms with E-state index >= 15 is 0 Å². The first-order chi connectivity index (χ1) is 7.79. The highest BCUT2D eigenvalue weighted by atomic mass is 32.2. The third-order valence-electron chi connectivity index (χ3n) is 2.42. The molecule has 0 atom stereocenters. The van der Waals surface area contributed by atoms with Crippen molar-refractivity contribution in [3.8, 4) is 0 Å². The van der Waals surface area contributed by atoms with Crippen LogP contribution in [0.5, 0.6) is 0 Å². The zero-order chi connectivity index (χ0) is 12.9. The number of hydrogen-bond donors (Lipinski definition) is 2. The second-order valence-corrected chi connectivity index (χ2v) is 6.53. The first-order valence-corrected chi connectivity index (χ1v) is 7.63. The predicted octanol–water partition coefficient (Wildman–Crippen LogP) is -0.333. The van der Waals surface area contributed by atoms with Gasteiger partial charge in [0.05, 0.1) is 25.5 Å². The van der Waals surface area contributed by atoms with E-state index in [1.165, 1.54) is 0 Å². The van der Waals surface area contributed by atoms with Gasteiger partial charge < -0.3 is 14.8 Å². The topological polar surface area (TPSA) is 76.7 Å². The van der Waals surface area contributed by atoms with E-state index in [-0.39, 0.29) is 6.04 Å². The molecule has 1 fully saturated rings. The quantitative estimate of drug-likeness (QED) is 0.644. The Morgan fingerprint density at radius 2 is 1.82 bits per heavy atom. The van der Waals surface area contributed by atoms with Crippen molar-refractivity contribution in [1.29, 1.82) is 0 Å². The molecule has 0 spiro atoms.